The maximum absolute atomic E-state index is 5.47. The molecule has 1 aliphatic rings. The van der Waals surface area contributed by atoms with Crippen molar-refractivity contribution in [2.75, 3.05) is 6.61 Å². The van der Waals surface area contributed by atoms with Crippen LogP contribution in [0, 0.1) is 0 Å². The summed E-state index contributed by atoms with van der Waals surface area (Å²) in [6.45, 7) is 5.66. The lowest BCUT2D eigenvalue weighted by atomic mass is 10.2. The van der Waals surface area contributed by atoms with Crippen molar-refractivity contribution in [2.45, 2.75) is 20.4 Å². The molecule has 0 saturated carbocycles. The van der Waals surface area contributed by atoms with Crippen LogP contribution < -0.4 is 0 Å². The summed E-state index contributed by atoms with van der Waals surface area (Å²) in [5.74, 6) is 2.02. The van der Waals surface area contributed by atoms with Crippen LogP contribution in [0.4, 0.5) is 0 Å². The Bertz CT molecular complexity index is 325. The lowest BCUT2D eigenvalue weighted by molar-refractivity contribution is 0.208. The Hall–Kier alpha value is -1.25. The van der Waals surface area contributed by atoms with Gasteiger partial charge in [0.2, 0.25) is 0 Å². The highest BCUT2D eigenvalue weighted by molar-refractivity contribution is 5.60. The standard InChI is InChI=1S/C9H12N2O/c1-7-8(2)12-6-5-11-4-3-10-9(7)11/h3-4H,5-6H2,1-2H3. The lowest BCUT2D eigenvalue weighted by Gasteiger charge is -2.02. The molecule has 0 aliphatic carbocycles. The third kappa shape index (κ3) is 1.02. The van der Waals surface area contributed by atoms with E-state index in [0.29, 0.717) is 0 Å². The molecule has 0 spiro atoms. The summed E-state index contributed by atoms with van der Waals surface area (Å²) < 4.78 is 7.59. The van der Waals surface area contributed by atoms with E-state index in [1.165, 1.54) is 0 Å². The van der Waals surface area contributed by atoms with E-state index in [1.807, 2.05) is 26.2 Å². The Balaban J connectivity index is 2.53. The highest BCUT2D eigenvalue weighted by atomic mass is 16.5. The van der Waals surface area contributed by atoms with E-state index in [4.69, 9.17) is 4.74 Å². The highest BCUT2D eigenvalue weighted by Gasteiger charge is 2.11. The van der Waals surface area contributed by atoms with E-state index < -0.39 is 0 Å². The van der Waals surface area contributed by atoms with E-state index in [9.17, 15) is 0 Å². The van der Waals surface area contributed by atoms with E-state index in [2.05, 4.69) is 9.55 Å². The fraction of sp³-hybridized carbons (Fsp3) is 0.444. The van der Waals surface area contributed by atoms with Crippen molar-refractivity contribution in [3.8, 4) is 0 Å². The molecule has 3 nitrogen and oxygen atoms in total. The monoisotopic (exact) mass is 164 g/mol. The summed E-state index contributed by atoms with van der Waals surface area (Å²) in [6, 6.07) is 0. The largest absolute Gasteiger partial charge is 0.496 e. The maximum atomic E-state index is 5.47. The second kappa shape index (κ2) is 2.66. The second-order valence-electron chi connectivity index (χ2n) is 2.97. The maximum Gasteiger partial charge on any atom is 0.138 e. The van der Waals surface area contributed by atoms with Crippen LogP contribution in [-0.2, 0) is 11.3 Å². The second-order valence-corrected chi connectivity index (χ2v) is 2.97. The number of rotatable bonds is 0. The molecule has 0 bridgehead atoms. The minimum Gasteiger partial charge on any atom is -0.496 e. The molecule has 3 heteroatoms. The van der Waals surface area contributed by atoms with Gasteiger partial charge in [-0.1, -0.05) is 0 Å². The number of hydrogen-bond donors (Lipinski definition) is 0. The number of fused-ring (bicyclic) bond motifs is 1. The molecule has 64 valence electrons. The predicted molar refractivity (Wildman–Crippen MR) is 46.4 cm³/mol. The first-order valence-corrected chi connectivity index (χ1v) is 4.11. The summed E-state index contributed by atoms with van der Waals surface area (Å²) >= 11 is 0. The van der Waals surface area contributed by atoms with E-state index in [1.54, 1.807) is 0 Å². The number of nitrogens with zero attached hydrogens (tertiary/aromatic N) is 2. The fourth-order valence-corrected chi connectivity index (χ4v) is 1.38. The molecule has 2 rings (SSSR count). The van der Waals surface area contributed by atoms with Gasteiger partial charge in [-0.15, -0.1) is 0 Å². The van der Waals surface area contributed by atoms with Gasteiger partial charge in [0.25, 0.3) is 0 Å². The number of imidazole rings is 1. The molecular formula is C9H12N2O. The van der Waals surface area contributed by atoms with E-state index in [-0.39, 0.29) is 0 Å². The summed E-state index contributed by atoms with van der Waals surface area (Å²) in [5.41, 5.74) is 1.14. The van der Waals surface area contributed by atoms with Gasteiger partial charge in [0.05, 0.1) is 12.3 Å². The molecule has 0 N–H and O–H groups in total. The van der Waals surface area contributed by atoms with E-state index in [0.717, 1.165) is 30.3 Å². The molecule has 0 atom stereocenters. The van der Waals surface area contributed by atoms with Crippen molar-refractivity contribution in [3.63, 3.8) is 0 Å². The van der Waals surface area contributed by atoms with Crippen LogP contribution in [0.15, 0.2) is 18.2 Å². The van der Waals surface area contributed by atoms with E-state index >= 15 is 0 Å². The summed E-state index contributed by atoms with van der Waals surface area (Å²) in [7, 11) is 0. The van der Waals surface area contributed by atoms with Gasteiger partial charge in [-0.25, -0.2) is 4.98 Å². The molecule has 0 saturated heterocycles. The van der Waals surface area contributed by atoms with Gasteiger partial charge in [-0.05, 0) is 13.8 Å². The molecule has 12 heavy (non-hydrogen) atoms. The molecule has 0 radical (unpaired) electrons. The quantitative estimate of drug-likeness (QED) is 0.583. The normalized spacial score (nSPS) is 16.8. The van der Waals surface area contributed by atoms with Gasteiger partial charge in [-0.2, -0.15) is 0 Å². The van der Waals surface area contributed by atoms with Gasteiger partial charge in [-0.3, -0.25) is 0 Å². The zero-order valence-corrected chi connectivity index (χ0v) is 7.37. The molecular weight excluding hydrogens is 152 g/mol. The number of hydrogen-bond acceptors (Lipinski definition) is 2. The minimum absolute atomic E-state index is 0.743. The SMILES string of the molecule is CC1=C(C)c2nccn2CCO1. The first kappa shape index (κ1) is 7.40. The number of ether oxygens (including phenoxy) is 1. The third-order valence-corrected chi connectivity index (χ3v) is 2.23. The molecule has 0 amide bonds. The highest BCUT2D eigenvalue weighted by Crippen LogP contribution is 2.19. The molecule has 1 aromatic heterocycles. The third-order valence-electron chi connectivity index (χ3n) is 2.23. The number of allylic oxidation sites excluding steroid dienone is 2. The van der Waals surface area contributed by atoms with Gasteiger partial charge >= 0.3 is 0 Å². The van der Waals surface area contributed by atoms with Crippen molar-refractivity contribution in [1.29, 1.82) is 0 Å². The van der Waals surface area contributed by atoms with Crippen LogP contribution in [0.5, 0.6) is 0 Å². The Morgan fingerprint density at radius 3 is 3.17 bits per heavy atom. The average Bonchev–Trinajstić information content (AvgIpc) is 2.46. The van der Waals surface area contributed by atoms with Crippen molar-refractivity contribution < 1.29 is 4.74 Å². The van der Waals surface area contributed by atoms with Crippen molar-refractivity contribution >= 4 is 5.57 Å². The average molecular weight is 164 g/mol. The van der Waals surface area contributed by atoms with Gasteiger partial charge in [0, 0.05) is 18.0 Å². The van der Waals surface area contributed by atoms with Crippen LogP contribution in [0.25, 0.3) is 5.57 Å². The van der Waals surface area contributed by atoms with Crippen molar-refractivity contribution in [2.24, 2.45) is 0 Å². The van der Waals surface area contributed by atoms with Crippen molar-refractivity contribution in [1.82, 2.24) is 9.55 Å². The summed E-state index contributed by atoms with van der Waals surface area (Å²) in [6.07, 6.45) is 3.82. The van der Waals surface area contributed by atoms with Crippen LogP contribution >= 0.6 is 0 Å². The van der Waals surface area contributed by atoms with Gasteiger partial charge in [0.1, 0.15) is 12.4 Å². The Morgan fingerprint density at radius 1 is 1.50 bits per heavy atom. The lowest BCUT2D eigenvalue weighted by Crippen LogP contribution is -2.02. The van der Waals surface area contributed by atoms with Crippen LogP contribution in [-0.4, -0.2) is 16.2 Å². The first-order valence-electron chi connectivity index (χ1n) is 4.11. The Kier molecular flexibility index (Phi) is 1.64. The topological polar surface area (TPSA) is 27.1 Å². The molecule has 2 heterocycles. The summed E-state index contributed by atoms with van der Waals surface area (Å²) in [5, 5.41) is 0. The summed E-state index contributed by atoms with van der Waals surface area (Å²) in [4.78, 5) is 4.27. The molecule has 0 fully saturated rings. The molecule has 0 unspecified atom stereocenters. The smallest absolute Gasteiger partial charge is 0.138 e. The fourth-order valence-electron chi connectivity index (χ4n) is 1.38. The van der Waals surface area contributed by atoms with Gasteiger partial charge in [0.15, 0.2) is 0 Å². The zero-order chi connectivity index (χ0) is 8.55. The predicted octanol–water partition coefficient (Wildman–Crippen LogP) is 1.66. The molecule has 1 aromatic rings. The Morgan fingerprint density at radius 2 is 2.33 bits per heavy atom. The van der Waals surface area contributed by atoms with Crippen molar-refractivity contribution in [3.05, 3.63) is 24.0 Å². The van der Waals surface area contributed by atoms with Crippen LogP contribution in [0.3, 0.4) is 0 Å². The molecule has 1 aliphatic heterocycles. The Labute approximate surface area is 71.7 Å². The molecule has 0 aromatic carbocycles. The van der Waals surface area contributed by atoms with Crippen LogP contribution in [0.2, 0.25) is 0 Å². The van der Waals surface area contributed by atoms with Crippen LogP contribution in [0.1, 0.15) is 19.7 Å². The number of aromatic nitrogens is 2. The first-order chi connectivity index (χ1) is 5.79. The minimum atomic E-state index is 0.743. The van der Waals surface area contributed by atoms with Gasteiger partial charge < -0.3 is 9.30 Å². The zero-order valence-electron chi connectivity index (χ0n) is 7.37.